The van der Waals surface area contributed by atoms with E-state index in [4.69, 9.17) is 11.6 Å². The van der Waals surface area contributed by atoms with E-state index >= 15 is 0 Å². The highest BCUT2D eigenvalue weighted by Gasteiger charge is 2.36. The van der Waals surface area contributed by atoms with Crippen molar-refractivity contribution < 1.29 is 31.1 Å². The Kier molecular flexibility index (Phi) is 5.98. The average molecular weight is 425 g/mol. The van der Waals surface area contributed by atoms with E-state index in [1.54, 1.807) is 13.8 Å². The predicted octanol–water partition coefficient (Wildman–Crippen LogP) is 5.48. The molecule has 2 aromatic rings. The number of rotatable bonds is 4. The number of pyridine rings is 1. The van der Waals surface area contributed by atoms with Crippen LogP contribution in [0.1, 0.15) is 41.0 Å². The number of hydrogen-bond donors (Lipinski definition) is 1. The quantitative estimate of drug-likeness (QED) is 0.660. The molecular weight excluding hydrogens is 410 g/mol. The van der Waals surface area contributed by atoms with Crippen molar-refractivity contribution in [2.24, 2.45) is 0 Å². The van der Waals surface area contributed by atoms with E-state index in [-0.39, 0.29) is 17.3 Å². The highest BCUT2D eigenvalue weighted by atomic mass is 35.5. The summed E-state index contributed by atoms with van der Waals surface area (Å²) in [5.41, 5.74) is -3.63. The summed E-state index contributed by atoms with van der Waals surface area (Å²) in [6.45, 7) is 2.89. The molecular formula is C18H15ClF6N2O. The molecule has 1 aromatic carbocycles. The van der Waals surface area contributed by atoms with Crippen LogP contribution in [0.3, 0.4) is 0 Å². The molecule has 1 N–H and O–H groups in total. The van der Waals surface area contributed by atoms with Crippen LogP contribution < -0.4 is 5.32 Å². The first-order chi connectivity index (χ1) is 12.7. The van der Waals surface area contributed by atoms with Crippen molar-refractivity contribution in [1.82, 2.24) is 10.3 Å². The molecule has 1 amide bonds. The molecule has 0 saturated carbocycles. The summed E-state index contributed by atoms with van der Waals surface area (Å²) < 4.78 is 77.3. The van der Waals surface area contributed by atoms with Crippen LogP contribution in [-0.2, 0) is 17.8 Å². The Labute approximate surface area is 161 Å². The summed E-state index contributed by atoms with van der Waals surface area (Å²) in [7, 11) is 0. The maximum Gasteiger partial charge on any atom is 0.417 e. The molecule has 10 heteroatoms. The average Bonchev–Trinajstić information content (AvgIpc) is 2.58. The predicted molar refractivity (Wildman–Crippen MR) is 91.1 cm³/mol. The van der Waals surface area contributed by atoms with Gasteiger partial charge in [0.25, 0.3) is 5.91 Å². The van der Waals surface area contributed by atoms with Gasteiger partial charge >= 0.3 is 12.4 Å². The van der Waals surface area contributed by atoms with E-state index in [9.17, 15) is 31.1 Å². The molecule has 3 nitrogen and oxygen atoms in total. The van der Waals surface area contributed by atoms with Crippen LogP contribution in [-0.4, -0.2) is 17.4 Å². The third-order valence-electron chi connectivity index (χ3n) is 3.98. The molecule has 1 heterocycles. The summed E-state index contributed by atoms with van der Waals surface area (Å²) in [4.78, 5) is 16.0. The van der Waals surface area contributed by atoms with Crippen LogP contribution in [0.4, 0.5) is 26.3 Å². The lowest BCUT2D eigenvalue weighted by Crippen LogP contribution is -2.38. The van der Waals surface area contributed by atoms with Crippen molar-refractivity contribution in [1.29, 1.82) is 0 Å². The van der Waals surface area contributed by atoms with Crippen LogP contribution >= 0.6 is 11.6 Å². The lowest BCUT2D eigenvalue weighted by Gasteiger charge is -2.26. The molecule has 0 atom stereocenters. The minimum atomic E-state index is -4.71. The van der Waals surface area contributed by atoms with Gasteiger partial charge in [-0.15, -0.1) is 0 Å². The monoisotopic (exact) mass is 424 g/mol. The molecule has 0 radical (unpaired) electrons. The fourth-order valence-electron chi connectivity index (χ4n) is 2.50. The van der Waals surface area contributed by atoms with Crippen molar-refractivity contribution in [2.75, 3.05) is 6.54 Å². The van der Waals surface area contributed by atoms with E-state index in [1.165, 1.54) is 6.07 Å². The zero-order chi connectivity index (χ0) is 21.3. The number of aromatic nitrogens is 1. The van der Waals surface area contributed by atoms with Gasteiger partial charge in [0.2, 0.25) is 0 Å². The largest absolute Gasteiger partial charge is 0.417 e. The summed E-state index contributed by atoms with van der Waals surface area (Å²) in [6, 6.07) is 4.99. The maximum absolute atomic E-state index is 13.0. The lowest BCUT2D eigenvalue weighted by molar-refractivity contribution is -0.138. The Balaban J connectivity index is 2.22. The van der Waals surface area contributed by atoms with Crippen molar-refractivity contribution in [3.05, 3.63) is 63.9 Å². The Bertz CT molecular complexity index is 877. The number of alkyl halides is 6. The van der Waals surface area contributed by atoms with Crippen molar-refractivity contribution in [3.8, 4) is 0 Å². The van der Waals surface area contributed by atoms with Crippen molar-refractivity contribution in [3.63, 3.8) is 0 Å². The smallest absolute Gasteiger partial charge is 0.351 e. The standard InChI is InChI=1S/C18H15ClF6N2O/c1-16(2,14-13(19)7-10(8-26-14)17(20,21)22)9-27-15(28)11-5-3-4-6-12(11)18(23,24)25/h3-8H,9H2,1-2H3,(H,27,28). The molecule has 152 valence electrons. The van der Waals surface area contributed by atoms with E-state index in [0.29, 0.717) is 12.3 Å². The lowest BCUT2D eigenvalue weighted by atomic mass is 9.88. The first-order valence-corrected chi connectivity index (χ1v) is 8.29. The Morgan fingerprint density at radius 2 is 1.68 bits per heavy atom. The molecule has 0 aliphatic rings. The van der Waals surface area contributed by atoms with E-state index in [1.807, 2.05) is 0 Å². The number of nitrogens with one attached hydrogen (secondary N) is 1. The minimum Gasteiger partial charge on any atom is -0.351 e. The van der Waals surface area contributed by atoms with Gasteiger partial charge in [0.15, 0.2) is 0 Å². The summed E-state index contributed by atoms with van der Waals surface area (Å²) in [5.74, 6) is -0.968. The van der Waals surface area contributed by atoms with Gasteiger partial charge in [-0.3, -0.25) is 9.78 Å². The number of hydrogen-bond acceptors (Lipinski definition) is 2. The topological polar surface area (TPSA) is 42.0 Å². The molecule has 2 rings (SSSR count). The van der Waals surface area contributed by atoms with Crippen LogP contribution in [0.2, 0.25) is 5.02 Å². The first-order valence-electron chi connectivity index (χ1n) is 7.91. The number of carbonyl (C=O) groups is 1. The minimum absolute atomic E-state index is 0.0755. The molecule has 0 spiro atoms. The molecule has 28 heavy (non-hydrogen) atoms. The zero-order valence-electron chi connectivity index (χ0n) is 14.7. The number of benzene rings is 1. The van der Waals surface area contributed by atoms with Crippen LogP contribution in [0, 0.1) is 0 Å². The molecule has 0 aliphatic carbocycles. The van der Waals surface area contributed by atoms with Gasteiger partial charge in [-0.25, -0.2) is 0 Å². The van der Waals surface area contributed by atoms with Gasteiger partial charge in [-0.2, -0.15) is 26.3 Å². The molecule has 0 fully saturated rings. The second kappa shape index (κ2) is 7.62. The van der Waals surface area contributed by atoms with E-state index in [0.717, 1.165) is 18.2 Å². The number of halogens is 7. The Morgan fingerprint density at radius 1 is 1.07 bits per heavy atom. The van der Waals surface area contributed by atoms with Gasteiger partial charge < -0.3 is 5.32 Å². The SMILES string of the molecule is CC(C)(CNC(=O)c1ccccc1C(F)(F)F)c1ncc(C(F)(F)F)cc1Cl. The van der Waals surface area contributed by atoms with Gasteiger partial charge in [-0.05, 0) is 18.2 Å². The highest BCUT2D eigenvalue weighted by molar-refractivity contribution is 6.31. The highest BCUT2D eigenvalue weighted by Crippen LogP contribution is 2.35. The Morgan fingerprint density at radius 3 is 2.21 bits per heavy atom. The van der Waals surface area contributed by atoms with Gasteiger partial charge in [0.1, 0.15) is 0 Å². The van der Waals surface area contributed by atoms with Crippen LogP contribution in [0.5, 0.6) is 0 Å². The molecule has 0 aliphatic heterocycles. The number of nitrogens with zero attached hydrogens (tertiary/aromatic N) is 1. The summed E-state index contributed by atoms with van der Waals surface area (Å²) in [5, 5.41) is 2.10. The van der Waals surface area contributed by atoms with Crippen LogP contribution in [0.15, 0.2) is 36.5 Å². The second-order valence-electron chi connectivity index (χ2n) is 6.66. The summed E-state index contributed by atoms with van der Waals surface area (Å²) >= 11 is 5.91. The third-order valence-corrected chi connectivity index (χ3v) is 4.27. The number of amides is 1. The van der Waals surface area contributed by atoms with E-state index < -0.39 is 40.4 Å². The zero-order valence-corrected chi connectivity index (χ0v) is 15.4. The maximum atomic E-state index is 13.0. The molecule has 0 bridgehead atoms. The van der Waals surface area contributed by atoms with Crippen molar-refractivity contribution >= 4 is 17.5 Å². The summed E-state index contributed by atoms with van der Waals surface area (Å²) in [6.07, 6.45) is -8.71. The molecule has 0 unspecified atom stereocenters. The molecule has 1 aromatic heterocycles. The second-order valence-corrected chi connectivity index (χ2v) is 7.07. The normalized spacial score (nSPS) is 12.8. The van der Waals surface area contributed by atoms with Gasteiger partial charge in [0.05, 0.1) is 27.4 Å². The van der Waals surface area contributed by atoms with Crippen molar-refractivity contribution in [2.45, 2.75) is 31.6 Å². The van der Waals surface area contributed by atoms with Gasteiger partial charge in [0, 0.05) is 18.2 Å². The van der Waals surface area contributed by atoms with Crippen LogP contribution in [0.25, 0.3) is 0 Å². The molecule has 0 saturated heterocycles. The fourth-order valence-corrected chi connectivity index (χ4v) is 2.92. The first kappa shape index (κ1) is 22.0. The van der Waals surface area contributed by atoms with Gasteiger partial charge in [-0.1, -0.05) is 37.6 Å². The third kappa shape index (κ3) is 4.95. The Hall–Kier alpha value is -2.29. The number of carbonyl (C=O) groups excluding carboxylic acids is 1. The fraction of sp³-hybridized carbons (Fsp3) is 0.333. The van der Waals surface area contributed by atoms with E-state index in [2.05, 4.69) is 10.3 Å².